The second-order valence-electron chi connectivity index (χ2n) is 5.11. The Morgan fingerprint density at radius 3 is 3.15 bits per heavy atom. The summed E-state index contributed by atoms with van der Waals surface area (Å²) in [7, 11) is 0. The van der Waals surface area contributed by atoms with Crippen molar-refractivity contribution in [3.05, 3.63) is 41.2 Å². The van der Waals surface area contributed by atoms with Gasteiger partial charge in [0.1, 0.15) is 23.2 Å². The van der Waals surface area contributed by atoms with Gasteiger partial charge in [-0.2, -0.15) is 0 Å². The normalized spacial score (nSPS) is 15.3. The summed E-state index contributed by atoms with van der Waals surface area (Å²) in [6.45, 7) is 3.33. The molecule has 20 heavy (non-hydrogen) atoms. The summed E-state index contributed by atoms with van der Waals surface area (Å²) in [6, 6.07) is 3.94. The number of phenolic OH excluding ortho intramolecular Hbond substituents is 1. The van der Waals surface area contributed by atoms with Crippen molar-refractivity contribution in [2.24, 2.45) is 0 Å². The van der Waals surface area contributed by atoms with Gasteiger partial charge < -0.3 is 15.0 Å². The van der Waals surface area contributed by atoms with E-state index in [2.05, 4.69) is 20.1 Å². The van der Waals surface area contributed by atoms with E-state index in [-0.39, 0.29) is 17.6 Å². The Labute approximate surface area is 116 Å². The maximum Gasteiger partial charge on any atom is 0.149 e. The van der Waals surface area contributed by atoms with Gasteiger partial charge in [0.15, 0.2) is 0 Å². The van der Waals surface area contributed by atoms with Gasteiger partial charge in [-0.3, -0.25) is 0 Å². The highest BCUT2D eigenvalue weighted by atomic mass is 19.1. The second-order valence-corrected chi connectivity index (χ2v) is 5.11. The highest BCUT2D eigenvalue weighted by molar-refractivity contribution is 5.32. The molecule has 1 aliphatic rings. The highest BCUT2D eigenvalue weighted by Gasteiger charge is 2.21. The predicted octanol–water partition coefficient (Wildman–Crippen LogP) is 1.92. The van der Waals surface area contributed by atoms with Crippen LogP contribution in [0.1, 0.15) is 36.6 Å². The van der Waals surface area contributed by atoms with E-state index in [4.69, 9.17) is 0 Å². The van der Waals surface area contributed by atoms with E-state index >= 15 is 0 Å². The molecule has 2 aromatic rings. The Bertz CT molecular complexity index is 626. The van der Waals surface area contributed by atoms with Crippen LogP contribution in [0.25, 0.3) is 0 Å². The summed E-state index contributed by atoms with van der Waals surface area (Å²) in [5.41, 5.74) is 0.540. The Balaban J connectivity index is 1.70. The average molecular weight is 276 g/mol. The minimum atomic E-state index is -0.351. The molecule has 2 heterocycles. The lowest BCUT2D eigenvalue weighted by Gasteiger charge is -2.14. The van der Waals surface area contributed by atoms with Gasteiger partial charge in [0.2, 0.25) is 0 Å². The van der Waals surface area contributed by atoms with Crippen molar-refractivity contribution in [1.82, 2.24) is 20.1 Å². The number of hydrogen-bond acceptors (Lipinski definition) is 4. The van der Waals surface area contributed by atoms with Crippen LogP contribution in [-0.4, -0.2) is 19.9 Å². The number of fused-ring (bicyclic) bond motifs is 1. The number of aromatic nitrogens is 3. The van der Waals surface area contributed by atoms with Crippen LogP contribution < -0.4 is 5.32 Å². The SMILES string of the molecule is CC(NCc1cc(F)ccc1O)c1nnc2n1CCC2. The van der Waals surface area contributed by atoms with E-state index < -0.39 is 0 Å². The summed E-state index contributed by atoms with van der Waals surface area (Å²) in [6.07, 6.45) is 2.08. The van der Waals surface area contributed by atoms with Gasteiger partial charge >= 0.3 is 0 Å². The van der Waals surface area contributed by atoms with Gasteiger partial charge in [0.05, 0.1) is 6.04 Å². The lowest BCUT2D eigenvalue weighted by Crippen LogP contribution is -2.21. The molecule has 0 saturated carbocycles. The van der Waals surface area contributed by atoms with Crippen LogP contribution in [-0.2, 0) is 19.5 Å². The number of hydrogen-bond donors (Lipinski definition) is 2. The monoisotopic (exact) mass is 276 g/mol. The lowest BCUT2D eigenvalue weighted by atomic mass is 10.2. The molecule has 0 fully saturated rings. The minimum absolute atomic E-state index is 0.00276. The molecule has 0 bridgehead atoms. The first-order valence-corrected chi connectivity index (χ1v) is 6.78. The smallest absolute Gasteiger partial charge is 0.149 e. The summed E-state index contributed by atoms with van der Waals surface area (Å²) in [4.78, 5) is 0. The Morgan fingerprint density at radius 1 is 1.45 bits per heavy atom. The predicted molar refractivity (Wildman–Crippen MR) is 71.7 cm³/mol. The number of aromatic hydroxyl groups is 1. The fourth-order valence-corrected chi connectivity index (χ4v) is 2.54. The molecule has 1 aromatic carbocycles. The summed E-state index contributed by atoms with van der Waals surface area (Å²) in [5, 5.41) is 21.3. The van der Waals surface area contributed by atoms with Crippen LogP contribution in [0, 0.1) is 5.82 Å². The molecule has 1 aliphatic heterocycles. The fraction of sp³-hybridized carbons (Fsp3) is 0.429. The topological polar surface area (TPSA) is 63.0 Å². The van der Waals surface area contributed by atoms with E-state index in [1.807, 2.05) is 6.92 Å². The molecule has 6 heteroatoms. The number of nitrogens with zero attached hydrogens (tertiary/aromatic N) is 3. The molecule has 0 spiro atoms. The minimum Gasteiger partial charge on any atom is -0.508 e. The maximum atomic E-state index is 13.2. The van der Waals surface area contributed by atoms with Crippen molar-refractivity contribution in [2.45, 2.75) is 38.9 Å². The molecular weight excluding hydrogens is 259 g/mol. The molecule has 106 valence electrons. The molecule has 1 aromatic heterocycles. The highest BCUT2D eigenvalue weighted by Crippen LogP contribution is 2.21. The molecule has 1 atom stereocenters. The van der Waals surface area contributed by atoms with Gasteiger partial charge in [-0.15, -0.1) is 10.2 Å². The van der Waals surface area contributed by atoms with Gasteiger partial charge in [-0.05, 0) is 31.5 Å². The molecule has 3 rings (SSSR count). The fourth-order valence-electron chi connectivity index (χ4n) is 2.54. The van der Waals surface area contributed by atoms with Crippen molar-refractivity contribution in [2.75, 3.05) is 0 Å². The summed E-state index contributed by atoms with van der Waals surface area (Å²) < 4.78 is 15.3. The Hall–Kier alpha value is -1.95. The zero-order valence-electron chi connectivity index (χ0n) is 11.3. The van der Waals surface area contributed by atoms with Crippen LogP contribution in [0.3, 0.4) is 0 Å². The van der Waals surface area contributed by atoms with E-state index in [0.29, 0.717) is 12.1 Å². The van der Waals surface area contributed by atoms with Crippen LogP contribution in [0.5, 0.6) is 5.75 Å². The van der Waals surface area contributed by atoms with E-state index in [1.54, 1.807) is 0 Å². The summed E-state index contributed by atoms with van der Waals surface area (Å²) in [5.74, 6) is 1.67. The van der Waals surface area contributed by atoms with Crippen LogP contribution in [0.2, 0.25) is 0 Å². The summed E-state index contributed by atoms with van der Waals surface area (Å²) >= 11 is 0. The quantitative estimate of drug-likeness (QED) is 0.895. The zero-order chi connectivity index (χ0) is 14.1. The molecule has 2 N–H and O–H groups in total. The third kappa shape index (κ3) is 2.38. The molecule has 0 radical (unpaired) electrons. The zero-order valence-corrected chi connectivity index (χ0v) is 11.3. The molecule has 0 saturated heterocycles. The van der Waals surface area contributed by atoms with E-state index in [9.17, 15) is 9.50 Å². The molecule has 0 aliphatic carbocycles. The maximum absolute atomic E-state index is 13.2. The molecule has 5 nitrogen and oxygen atoms in total. The van der Waals surface area contributed by atoms with Crippen LogP contribution >= 0.6 is 0 Å². The largest absolute Gasteiger partial charge is 0.508 e. The van der Waals surface area contributed by atoms with Gasteiger partial charge in [0, 0.05) is 25.1 Å². The van der Waals surface area contributed by atoms with Crippen molar-refractivity contribution in [3.63, 3.8) is 0 Å². The number of aryl methyl sites for hydroxylation is 1. The second kappa shape index (κ2) is 5.20. The number of rotatable bonds is 4. The van der Waals surface area contributed by atoms with Crippen molar-refractivity contribution in [3.8, 4) is 5.75 Å². The van der Waals surface area contributed by atoms with Crippen molar-refractivity contribution < 1.29 is 9.50 Å². The Kier molecular flexibility index (Phi) is 3.40. The van der Waals surface area contributed by atoms with E-state index in [1.165, 1.54) is 18.2 Å². The van der Waals surface area contributed by atoms with Gasteiger partial charge in [-0.25, -0.2) is 4.39 Å². The third-order valence-corrected chi connectivity index (χ3v) is 3.67. The average Bonchev–Trinajstić information content (AvgIpc) is 3.02. The standard InChI is InChI=1S/C14H17FN4O/c1-9(14-18-17-13-3-2-6-19(13)14)16-8-10-7-11(15)4-5-12(10)20/h4-5,7,9,16,20H,2-3,6,8H2,1H3. The number of halogens is 1. The van der Waals surface area contributed by atoms with Crippen molar-refractivity contribution in [1.29, 1.82) is 0 Å². The van der Waals surface area contributed by atoms with Gasteiger partial charge in [0.25, 0.3) is 0 Å². The lowest BCUT2D eigenvalue weighted by molar-refractivity contribution is 0.453. The van der Waals surface area contributed by atoms with Gasteiger partial charge in [-0.1, -0.05) is 0 Å². The van der Waals surface area contributed by atoms with Crippen LogP contribution in [0.15, 0.2) is 18.2 Å². The Morgan fingerprint density at radius 2 is 2.30 bits per heavy atom. The number of phenols is 1. The molecule has 1 unspecified atom stereocenters. The first kappa shape index (κ1) is 13.1. The van der Waals surface area contributed by atoms with Crippen molar-refractivity contribution >= 4 is 0 Å². The first-order chi connectivity index (χ1) is 9.65. The number of nitrogens with one attached hydrogen (secondary N) is 1. The molecular formula is C14H17FN4O. The number of benzene rings is 1. The van der Waals surface area contributed by atoms with E-state index in [0.717, 1.165) is 31.0 Å². The molecule has 0 amide bonds. The first-order valence-electron chi connectivity index (χ1n) is 6.78. The third-order valence-electron chi connectivity index (χ3n) is 3.67. The van der Waals surface area contributed by atoms with Crippen LogP contribution in [0.4, 0.5) is 4.39 Å².